The summed E-state index contributed by atoms with van der Waals surface area (Å²) in [5.41, 5.74) is 1.93. The molecule has 0 bridgehead atoms. The van der Waals surface area contributed by atoms with E-state index < -0.39 is 0 Å². The Labute approximate surface area is 72.0 Å². The molecule has 1 aliphatic rings. The van der Waals surface area contributed by atoms with Crippen LogP contribution < -0.4 is 4.90 Å². The van der Waals surface area contributed by atoms with E-state index in [4.69, 9.17) is 5.26 Å². The summed E-state index contributed by atoms with van der Waals surface area (Å²) in [4.78, 5) is 2.28. The number of rotatable bonds is 1. The highest BCUT2D eigenvalue weighted by Crippen LogP contribution is 2.20. The van der Waals surface area contributed by atoms with Crippen LogP contribution >= 0.6 is 0 Å². The molecule has 1 fully saturated rings. The maximum Gasteiger partial charge on any atom is 0.0992 e. The zero-order valence-corrected chi connectivity index (χ0v) is 6.83. The second-order valence-corrected chi connectivity index (χ2v) is 3.00. The van der Waals surface area contributed by atoms with Gasteiger partial charge in [-0.3, -0.25) is 0 Å². The third-order valence-corrected chi connectivity index (χ3v) is 2.20. The van der Waals surface area contributed by atoms with Gasteiger partial charge in [-0.2, -0.15) is 5.26 Å². The standard InChI is InChI=1S/C10H10N2/c11-8-9-3-1-4-10(7-9)12-5-2-6-12/h1,3-4,7H,2,5-6H2. The molecule has 0 aliphatic carbocycles. The summed E-state index contributed by atoms with van der Waals surface area (Å²) in [7, 11) is 0. The molecule has 1 aromatic carbocycles. The van der Waals surface area contributed by atoms with Crippen molar-refractivity contribution >= 4 is 5.69 Å². The summed E-state index contributed by atoms with van der Waals surface area (Å²) in [6, 6.07) is 9.92. The van der Waals surface area contributed by atoms with E-state index in [0.29, 0.717) is 0 Å². The van der Waals surface area contributed by atoms with Crippen molar-refractivity contribution in [1.82, 2.24) is 0 Å². The van der Waals surface area contributed by atoms with Crippen LogP contribution in [0.5, 0.6) is 0 Å². The van der Waals surface area contributed by atoms with Gasteiger partial charge in [0.25, 0.3) is 0 Å². The maximum atomic E-state index is 8.67. The largest absolute Gasteiger partial charge is 0.371 e. The van der Waals surface area contributed by atoms with Crippen LogP contribution in [0, 0.1) is 11.3 Å². The van der Waals surface area contributed by atoms with Crippen molar-refractivity contribution in [1.29, 1.82) is 5.26 Å². The third kappa shape index (κ3) is 1.14. The minimum Gasteiger partial charge on any atom is -0.371 e. The van der Waals surface area contributed by atoms with Gasteiger partial charge in [0.15, 0.2) is 0 Å². The van der Waals surface area contributed by atoms with Crippen LogP contribution in [0.1, 0.15) is 12.0 Å². The van der Waals surface area contributed by atoms with E-state index in [2.05, 4.69) is 17.0 Å². The summed E-state index contributed by atoms with van der Waals surface area (Å²) >= 11 is 0. The molecule has 2 heteroatoms. The van der Waals surface area contributed by atoms with Crippen molar-refractivity contribution in [3.63, 3.8) is 0 Å². The van der Waals surface area contributed by atoms with Gasteiger partial charge in [0.1, 0.15) is 0 Å². The molecule has 0 unspecified atom stereocenters. The molecule has 0 saturated carbocycles. The lowest BCUT2D eigenvalue weighted by Gasteiger charge is -2.33. The number of nitrogens with zero attached hydrogens (tertiary/aromatic N) is 2. The van der Waals surface area contributed by atoms with Gasteiger partial charge in [-0.15, -0.1) is 0 Å². The number of hydrogen-bond acceptors (Lipinski definition) is 2. The van der Waals surface area contributed by atoms with E-state index in [0.717, 1.165) is 18.7 Å². The van der Waals surface area contributed by atoms with Crippen molar-refractivity contribution in [3.05, 3.63) is 29.8 Å². The van der Waals surface area contributed by atoms with Gasteiger partial charge in [0.2, 0.25) is 0 Å². The molecule has 0 amide bonds. The molecular formula is C10H10N2. The van der Waals surface area contributed by atoms with Gasteiger partial charge < -0.3 is 4.90 Å². The van der Waals surface area contributed by atoms with Gasteiger partial charge in [0.05, 0.1) is 11.6 Å². The molecule has 60 valence electrons. The number of nitriles is 1. The van der Waals surface area contributed by atoms with Crippen LogP contribution in [0.15, 0.2) is 24.3 Å². The van der Waals surface area contributed by atoms with Crippen LogP contribution in [-0.4, -0.2) is 13.1 Å². The lowest BCUT2D eigenvalue weighted by molar-refractivity contribution is 0.618. The Morgan fingerprint density at radius 1 is 1.33 bits per heavy atom. The van der Waals surface area contributed by atoms with Crippen molar-refractivity contribution < 1.29 is 0 Å². The average Bonchev–Trinajstić information content (AvgIpc) is 2.02. The van der Waals surface area contributed by atoms with Gasteiger partial charge in [0, 0.05) is 18.8 Å². The number of anilines is 1. The Kier molecular flexibility index (Phi) is 1.71. The molecule has 2 rings (SSSR count). The minimum atomic E-state index is 0.749. The van der Waals surface area contributed by atoms with Crippen molar-refractivity contribution in [2.45, 2.75) is 6.42 Å². The quantitative estimate of drug-likeness (QED) is 0.622. The highest BCUT2D eigenvalue weighted by molar-refractivity contribution is 5.52. The fourth-order valence-electron chi connectivity index (χ4n) is 1.35. The Hall–Kier alpha value is -1.49. The number of hydrogen-bond donors (Lipinski definition) is 0. The van der Waals surface area contributed by atoms with E-state index in [1.54, 1.807) is 0 Å². The van der Waals surface area contributed by atoms with Crippen LogP contribution in [0.2, 0.25) is 0 Å². The summed E-state index contributed by atoms with van der Waals surface area (Å²) in [6.07, 6.45) is 1.27. The van der Waals surface area contributed by atoms with E-state index in [1.165, 1.54) is 12.1 Å². The first-order chi connectivity index (χ1) is 5.90. The van der Waals surface area contributed by atoms with Crippen molar-refractivity contribution in [2.75, 3.05) is 18.0 Å². The molecule has 2 nitrogen and oxygen atoms in total. The molecule has 0 aromatic heterocycles. The normalized spacial score (nSPS) is 15.1. The fourth-order valence-corrected chi connectivity index (χ4v) is 1.35. The van der Waals surface area contributed by atoms with Crippen molar-refractivity contribution in [3.8, 4) is 6.07 Å². The van der Waals surface area contributed by atoms with Crippen LogP contribution in [0.3, 0.4) is 0 Å². The highest BCUT2D eigenvalue weighted by Gasteiger charge is 2.13. The molecule has 1 heterocycles. The maximum absolute atomic E-state index is 8.67. The minimum absolute atomic E-state index is 0.749. The molecule has 12 heavy (non-hydrogen) atoms. The van der Waals surface area contributed by atoms with E-state index in [9.17, 15) is 0 Å². The smallest absolute Gasteiger partial charge is 0.0992 e. The first-order valence-corrected chi connectivity index (χ1v) is 4.15. The second-order valence-electron chi connectivity index (χ2n) is 3.00. The van der Waals surface area contributed by atoms with Crippen LogP contribution in [0.4, 0.5) is 5.69 Å². The zero-order chi connectivity index (χ0) is 8.39. The van der Waals surface area contributed by atoms with Gasteiger partial charge in [-0.1, -0.05) is 6.07 Å². The topological polar surface area (TPSA) is 27.0 Å². The molecule has 1 saturated heterocycles. The first kappa shape index (κ1) is 7.17. The van der Waals surface area contributed by atoms with E-state index in [1.807, 2.05) is 18.2 Å². The Morgan fingerprint density at radius 2 is 2.17 bits per heavy atom. The predicted molar refractivity (Wildman–Crippen MR) is 48.0 cm³/mol. The Balaban J connectivity index is 2.27. The lowest BCUT2D eigenvalue weighted by atomic mass is 10.1. The third-order valence-electron chi connectivity index (χ3n) is 2.20. The van der Waals surface area contributed by atoms with Crippen molar-refractivity contribution in [2.24, 2.45) is 0 Å². The summed E-state index contributed by atoms with van der Waals surface area (Å²) in [5, 5.41) is 8.67. The molecule has 1 aromatic rings. The zero-order valence-electron chi connectivity index (χ0n) is 6.83. The lowest BCUT2D eigenvalue weighted by Crippen LogP contribution is -2.36. The van der Waals surface area contributed by atoms with E-state index >= 15 is 0 Å². The predicted octanol–water partition coefficient (Wildman–Crippen LogP) is 1.77. The van der Waals surface area contributed by atoms with E-state index in [-0.39, 0.29) is 0 Å². The average molecular weight is 158 g/mol. The SMILES string of the molecule is N#Cc1cccc(N2CCC2)c1. The highest BCUT2D eigenvalue weighted by atomic mass is 15.2. The summed E-state index contributed by atoms with van der Waals surface area (Å²) < 4.78 is 0. The summed E-state index contributed by atoms with van der Waals surface area (Å²) in [6.45, 7) is 2.27. The molecule has 0 spiro atoms. The Bertz CT molecular complexity index is 321. The molecule has 1 aliphatic heterocycles. The van der Waals surface area contributed by atoms with Gasteiger partial charge in [-0.05, 0) is 24.6 Å². The number of benzene rings is 1. The monoisotopic (exact) mass is 158 g/mol. The second kappa shape index (κ2) is 2.86. The van der Waals surface area contributed by atoms with Gasteiger partial charge >= 0.3 is 0 Å². The fraction of sp³-hybridized carbons (Fsp3) is 0.300. The van der Waals surface area contributed by atoms with Crippen LogP contribution in [0.25, 0.3) is 0 Å². The first-order valence-electron chi connectivity index (χ1n) is 4.15. The van der Waals surface area contributed by atoms with Gasteiger partial charge in [-0.25, -0.2) is 0 Å². The summed E-state index contributed by atoms with van der Waals surface area (Å²) in [5.74, 6) is 0. The molecule has 0 N–H and O–H groups in total. The Morgan fingerprint density at radius 3 is 2.75 bits per heavy atom. The molecule has 0 radical (unpaired) electrons. The molecular weight excluding hydrogens is 148 g/mol. The molecule has 0 atom stereocenters. The van der Waals surface area contributed by atoms with Crippen LogP contribution in [-0.2, 0) is 0 Å².